The number of aryl methyl sites for hydroxylation is 2. The van der Waals surface area contributed by atoms with Crippen molar-refractivity contribution >= 4 is 6.09 Å². The lowest BCUT2D eigenvalue weighted by molar-refractivity contribution is 0.121. The maximum absolute atomic E-state index is 12.0. The van der Waals surface area contributed by atoms with Crippen molar-refractivity contribution in [3.63, 3.8) is 0 Å². The number of carbonyl (C=O) groups is 1. The van der Waals surface area contributed by atoms with Crippen LogP contribution in [0.15, 0.2) is 11.0 Å². The second-order valence-corrected chi connectivity index (χ2v) is 4.70. The van der Waals surface area contributed by atoms with E-state index >= 15 is 0 Å². The van der Waals surface area contributed by atoms with E-state index in [4.69, 9.17) is 5.11 Å². The molecule has 98 valence electrons. The van der Waals surface area contributed by atoms with Crippen molar-refractivity contribution in [1.29, 1.82) is 0 Å². The highest BCUT2D eigenvalue weighted by atomic mass is 16.4. The molecule has 1 aromatic heterocycles. The molecule has 0 saturated carbocycles. The third-order valence-electron chi connectivity index (χ3n) is 3.27. The number of hydrogen-bond acceptors (Lipinski definition) is 3. The largest absolute Gasteiger partial charge is 0.465 e. The third-order valence-corrected chi connectivity index (χ3v) is 3.27. The fraction of sp³-hybridized carbons (Fsp3) is 0.583. The molecule has 0 aromatic carbocycles. The highest BCUT2D eigenvalue weighted by Gasteiger charge is 2.25. The van der Waals surface area contributed by atoms with Gasteiger partial charge in [0.1, 0.15) is 5.69 Å². The molecule has 2 rings (SSSR count). The van der Waals surface area contributed by atoms with Crippen LogP contribution in [-0.4, -0.2) is 38.7 Å². The fourth-order valence-corrected chi connectivity index (χ4v) is 2.41. The van der Waals surface area contributed by atoms with Crippen LogP contribution in [0, 0.1) is 13.8 Å². The predicted octanol–water partition coefficient (Wildman–Crippen LogP) is 1.18. The molecule has 1 unspecified atom stereocenters. The van der Waals surface area contributed by atoms with E-state index in [1.807, 2.05) is 6.92 Å². The van der Waals surface area contributed by atoms with Gasteiger partial charge in [-0.15, -0.1) is 0 Å². The molecule has 0 spiro atoms. The van der Waals surface area contributed by atoms with Crippen LogP contribution >= 0.6 is 0 Å². The van der Waals surface area contributed by atoms with Gasteiger partial charge in [0.25, 0.3) is 5.56 Å². The molecule has 1 amide bonds. The zero-order valence-corrected chi connectivity index (χ0v) is 10.6. The van der Waals surface area contributed by atoms with E-state index < -0.39 is 6.09 Å². The van der Waals surface area contributed by atoms with Crippen molar-refractivity contribution < 1.29 is 9.90 Å². The molecule has 0 radical (unpaired) electrons. The van der Waals surface area contributed by atoms with Gasteiger partial charge in [-0.3, -0.25) is 9.78 Å². The van der Waals surface area contributed by atoms with Gasteiger partial charge in [-0.2, -0.15) is 0 Å². The molecule has 1 aliphatic heterocycles. The van der Waals surface area contributed by atoms with Gasteiger partial charge in [-0.1, -0.05) is 0 Å². The third kappa shape index (κ3) is 2.37. The van der Waals surface area contributed by atoms with Crippen LogP contribution < -0.4 is 5.56 Å². The van der Waals surface area contributed by atoms with E-state index in [1.54, 1.807) is 17.7 Å². The van der Waals surface area contributed by atoms with Crippen molar-refractivity contribution in [3.8, 4) is 0 Å². The highest BCUT2D eigenvalue weighted by Crippen LogP contribution is 2.20. The number of aromatic nitrogens is 2. The smallest absolute Gasteiger partial charge is 0.407 e. The van der Waals surface area contributed by atoms with E-state index in [0.29, 0.717) is 18.8 Å². The Bertz CT molecular complexity index is 524. The topological polar surface area (TPSA) is 75.4 Å². The average Bonchev–Trinajstić information content (AvgIpc) is 2.34. The van der Waals surface area contributed by atoms with Gasteiger partial charge in [0.15, 0.2) is 0 Å². The number of nitrogens with zero attached hydrogens (tertiary/aromatic N) is 3. The SMILES string of the molecule is Cc1cn(C2CCCN(C(=O)O)C2)c(=O)c(C)n1. The summed E-state index contributed by atoms with van der Waals surface area (Å²) in [6.45, 7) is 4.44. The summed E-state index contributed by atoms with van der Waals surface area (Å²) in [4.78, 5) is 28.5. The molecule has 6 nitrogen and oxygen atoms in total. The molecule has 0 aliphatic carbocycles. The summed E-state index contributed by atoms with van der Waals surface area (Å²) >= 11 is 0. The predicted molar refractivity (Wildman–Crippen MR) is 65.8 cm³/mol. The summed E-state index contributed by atoms with van der Waals surface area (Å²) in [5.41, 5.74) is 1.11. The average molecular weight is 251 g/mol. The van der Waals surface area contributed by atoms with Crippen LogP contribution in [0.3, 0.4) is 0 Å². The lowest BCUT2D eigenvalue weighted by Crippen LogP contribution is -2.42. The van der Waals surface area contributed by atoms with Gasteiger partial charge >= 0.3 is 6.09 Å². The molecule has 1 aromatic rings. The van der Waals surface area contributed by atoms with Gasteiger partial charge in [0.2, 0.25) is 0 Å². The molecular formula is C12H17N3O3. The maximum Gasteiger partial charge on any atom is 0.407 e. The summed E-state index contributed by atoms with van der Waals surface area (Å²) in [6, 6.07) is -0.0808. The van der Waals surface area contributed by atoms with Gasteiger partial charge in [0.05, 0.1) is 11.7 Å². The van der Waals surface area contributed by atoms with E-state index in [1.165, 1.54) is 4.90 Å². The Morgan fingerprint density at radius 3 is 2.89 bits per heavy atom. The molecule has 0 bridgehead atoms. The van der Waals surface area contributed by atoms with E-state index in [0.717, 1.165) is 18.5 Å². The highest BCUT2D eigenvalue weighted by molar-refractivity contribution is 5.65. The zero-order valence-electron chi connectivity index (χ0n) is 10.6. The quantitative estimate of drug-likeness (QED) is 0.813. The fourth-order valence-electron chi connectivity index (χ4n) is 2.41. The molecule has 1 N–H and O–H groups in total. The maximum atomic E-state index is 12.0. The van der Waals surface area contributed by atoms with Crippen LogP contribution in [0.5, 0.6) is 0 Å². The summed E-state index contributed by atoms with van der Waals surface area (Å²) < 4.78 is 1.63. The Kier molecular flexibility index (Phi) is 3.36. The summed E-state index contributed by atoms with van der Waals surface area (Å²) in [5.74, 6) is 0. The lowest BCUT2D eigenvalue weighted by Gasteiger charge is -2.32. The summed E-state index contributed by atoms with van der Waals surface area (Å²) in [6.07, 6.45) is 2.40. The molecule has 1 aliphatic rings. The van der Waals surface area contributed by atoms with Crippen LogP contribution in [-0.2, 0) is 0 Å². The first-order valence-electron chi connectivity index (χ1n) is 6.03. The Morgan fingerprint density at radius 1 is 1.50 bits per heavy atom. The number of hydrogen-bond donors (Lipinski definition) is 1. The molecule has 2 heterocycles. The lowest BCUT2D eigenvalue weighted by atomic mass is 10.1. The van der Waals surface area contributed by atoms with Gasteiger partial charge in [-0.05, 0) is 26.7 Å². The summed E-state index contributed by atoms with van der Waals surface area (Å²) in [5, 5.41) is 9.01. The number of rotatable bonds is 1. The molecule has 1 saturated heterocycles. The Morgan fingerprint density at radius 2 is 2.22 bits per heavy atom. The molecular weight excluding hydrogens is 234 g/mol. The van der Waals surface area contributed by atoms with Crippen LogP contribution in [0.25, 0.3) is 0 Å². The Balaban J connectivity index is 2.31. The zero-order chi connectivity index (χ0) is 13.3. The molecule has 1 fully saturated rings. The van der Waals surface area contributed by atoms with Gasteiger partial charge < -0.3 is 14.6 Å². The number of amides is 1. The first kappa shape index (κ1) is 12.6. The van der Waals surface area contributed by atoms with Gasteiger partial charge in [-0.25, -0.2) is 4.79 Å². The minimum absolute atomic E-state index is 0.0808. The van der Waals surface area contributed by atoms with Crippen LogP contribution in [0.4, 0.5) is 4.79 Å². The van der Waals surface area contributed by atoms with Crippen molar-refractivity contribution in [3.05, 3.63) is 27.9 Å². The number of likely N-dealkylation sites (tertiary alicyclic amines) is 1. The normalized spacial score (nSPS) is 19.9. The van der Waals surface area contributed by atoms with Crippen LogP contribution in [0.1, 0.15) is 30.3 Å². The minimum atomic E-state index is -0.921. The molecule has 18 heavy (non-hydrogen) atoms. The van der Waals surface area contributed by atoms with E-state index in [-0.39, 0.29) is 11.6 Å². The van der Waals surface area contributed by atoms with E-state index in [9.17, 15) is 9.59 Å². The first-order valence-corrected chi connectivity index (χ1v) is 6.03. The Hall–Kier alpha value is -1.85. The second-order valence-electron chi connectivity index (χ2n) is 4.70. The monoisotopic (exact) mass is 251 g/mol. The first-order chi connectivity index (χ1) is 8.49. The van der Waals surface area contributed by atoms with Crippen molar-refractivity contribution in [2.24, 2.45) is 0 Å². The van der Waals surface area contributed by atoms with E-state index in [2.05, 4.69) is 4.98 Å². The molecule has 6 heteroatoms. The molecule has 1 atom stereocenters. The van der Waals surface area contributed by atoms with Crippen molar-refractivity contribution in [2.75, 3.05) is 13.1 Å². The standard InChI is InChI=1S/C12H17N3O3/c1-8-6-15(11(16)9(2)13-8)10-4-3-5-14(7-10)12(17)18/h6,10H,3-5,7H2,1-2H3,(H,17,18). The summed E-state index contributed by atoms with van der Waals surface area (Å²) in [7, 11) is 0. The number of carboxylic acid groups (broad SMARTS) is 1. The van der Waals surface area contributed by atoms with Crippen molar-refractivity contribution in [1.82, 2.24) is 14.5 Å². The van der Waals surface area contributed by atoms with Crippen molar-refractivity contribution in [2.45, 2.75) is 32.7 Å². The van der Waals surface area contributed by atoms with Crippen LogP contribution in [0.2, 0.25) is 0 Å². The van der Waals surface area contributed by atoms with Gasteiger partial charge in [0, 0.05) is 19.3 Å². The second kappa shape index (κ2) is 4.80. The number of piperidine rings is 1. The minimum Gasteiger partial charge on any atom is -0.465 e. The Labute approximate surface area is 105 Å².